The van der Waals surface area contributed by atoms with E-state index >= 15 is 0 Å². The minimum atomic E-state index is -0.377. The SMILES string of the molecule is COCc1cccc(C(=O)OCc2ccc(C#N)cc2)c1. The molecule has 4 nitrogen and oxygen atoms in total. The zero-order valence-corrected chi connectivity index (χ0v) is 11.7. The predicted octanol–water partition coefficient (Wildman–Crippen LogP) is 3.06. The highest BCUT2D eigenvalue weighted by molar-refractivity contribution is 5.89. The molecule has 0 N–H and O–H groups in total. The first-order chi connectivity index (χ1) is 10.2. The van der Waals surface area contributed by atoms with Crippen molar-refractivity contribution in [2.24, 2.45) is 0 Å². The Morgan fingerprint density at radius 1 is 1.10 bits per heavy atom. The smallest absolute Gasteiger partial charge is 0.338 e. The lowest BCUT2D eigenvalue weighted by Gasteiger charge is -2.06. The van der Waals surface area contributed by atoms with Crippen LogP contribution >= 0.6 is 0 Å². The molecular formula is C17H15NO3. The number of ether oxygens (including phenoxy) is 2. The van der Waals surface area contributed by atoms with Gasteiger partial charge in [-0.25, -0.2) is 4.79 Å². The first kappa shape index (κ1) is 14.8. The molecule has 0 radical (unpaired) electrons. The van der Waals surface area contributed by atoms with Crippen molar-refractivity contribution in [3.05, 3.63) is 70.8 Å². The Labute approximate surface area is 123 Å². The van der Waals surface area contributed by atoms with Gasteiger partial charge in [0.05, 0.1) is 23.8 Å². The molecule has 0 amide bonds. The Kier molecular flexibility index (Phi) is 5.08. The zero-order chi connectivity index (χ0) is 15.1. The Morgan fingerprint density at radius 3 is 2.52 bits per heavy atom. The van der Waals surface area contributed by atoms with Gasteiger partial charge in [-0.2, -0.15) is 5.26 Å². The van der Waals surface area contributed by atoms with E-state index in [1.165, 1.54) is 0 Å². The van der Waals surface area contributed by atoms with Gasteiger partial charge in [-0.3, -0.25) is 0 Å². The third-order valence-corrected chi connectivity index (χ3v) is 2.93. The molecule has 0 aromatic heterocycles. The zero-order valence-electron chi connectivity index (χ0n) is 11.7. The highest BCUT2D eigenvalue weighted by Gasteiger charge is 2.08. The number of carbonyl (C=O) groups is 1. The third kappa shape index (κ3) is 4.16. The first-order valence-corrected chi connectivity index (χ1v) is 6.47. The van der Waals surface area contributed by atoms with Crippen molar-refractivity contribution in [1.29, 1.82) is 5.26 Å². The van der Waals surface area contributed by atoms with E-state index in [1.54, 1.807) is 49.6 Å². The minimum absolute atomic E-state index is 0.180. The van der Waals surface area contributed by atoms with Crippen molar-refractivity contribution in [2.45, 2.75) is 13.2 Å². The van der Waals surface area contributed by atoms with Crippen molar-refractivity contribution < 1.29 is 14.3 Å². The van der Waals surface area contributed by atoms with Gasteiger partial charge in [-0.05, 0) is 35.4 Å². The predicted molar refractivity (Wildman–Crippen MR) is 77.4 cm³/mol. The molecule has 0 aliphatic rings. The lowest BCUT2D eigenvalue weighted by Crippen LogP contribution is -2.06. The Morgan fingerprint density at radius 2 is 1.86 bits per heavy atom. The van der Waals surface area contributed by atoms with Crippen LogP contribution in [0, 0.1) is 11.3 Å². The van der Waals surface area contributed by atoms with E-state index in [0.29, 0.717) is 17.7 Å². The number of nitriles is 1. The highest BCUT2D eigenvalue weighted by Crippen LogP contribution is 2.10. The fraction of sp³-hybridized carbons (Fsp3) is 0.176. The molecule has 21 heavy (non-hydrogen) atoms. The maximum Gasteiger partial charge on any atom is 0.338 e. The van der Waals surface area contributed by atoms with E-state index in [1.807, 2.05) is 12.1 Å². The molecule has 2 aromatic rings. The summed E-state index contributed by atoms with van der Waals surface area (Å²) in [5.74, 6) is -0.377. The van der Waals surface area contributed by atoms with Gasteiger partial charge in [0.25, 0.3) is 0 Å². The van der Waals surface area contributed by atoms with Crippen LogP contribution in [0.25, 0.3) is 0 Å². The maximum absolute atomic E-state index is 12.0. The van der Waals surface area contributed by atoms with E-state index in [2.05, 4.69) is 0 Å². The van der Waals surface area contributed by atoms with E-state index < -0.39 is 0 Å². The summed E-state index contributed by atoms with van der Waals surface area (Å²) < 4.78 is 10.3. The van der Waals surface area contributed by atoms with Crippen LogP contribution in [0.5, 0.6) is 0 Å². The van der Waals surface area contributed by atoms with Crippen molar-refractivity contribution in [1.82, 2.24) is 0 Å². The molecule has 0 saturated carbocycles. The Balaban J connectivity index is 1.97. The molecule has 0 aliphatic heterocycles. The second-order valence-electron chi connectivity index (χ2n) is 4.52. The summed E-state index contributed by atoms with van der Waals surface area (Å²) in [5, 5.41) is 8.72. The van der Waals surface area contributed by atoms with E-state index in [-0.39, 0.29) is 12.6 Å². The van der Waals surface area contributed by atoms with Crippen LogP contribution in [0.3, 0.4) is 0 Å². The van der Waals surface area contributed by atoms with Crippen molar-refractivity contribution >= 4 is 5.97 Å². The molecule has 0 unspecified atom stereocenters. The van der Waals surface area contributed by atoms with E-state index in [0.717, 1.165) is 11.1 Å². The van der Waals surface area contributed by atoms with Crippen LogP contribution in [-0.4, -0.2) is 13.1 Å². The molecule has 4 heteroatoms. The van der Waals surface area contributed by atoms with Crippen LogP contribution < -0.4 is 0 Å². The van der Waals surface area contributed by atoms with Gasteiger partial charge in [0, 0.05) is 7.11 Å². The number of carbonyl (C=O) groups excluding carboxylic acids is 1. The molecule has 0 heterocycles. The number of hydrogen-bond acceptors (Lipinski definition) is 4. The molecule has 0 saturated heterocycles. The molecule has 0 aliphatic carbocycles. The van der Waals surface area contributed by atoms with Gasteiger partial charge >= 0.3 is 5.97 Å². The van der Waals surface area contributed by atoms with Crippen molar-refractivity contribution in [3.8, 4) is 6.07 Å². The molecule has 106 valence electrons. The summed E-state index contributed by atoms with van der Waals surface area (Å²) >= 11 is 0. The summed E-state index contributed by atoms with van der Waals surface area (Å²) in [6.45, 7) is 0.635. The second kappa shape index (κ2) is 7.22. The molecule has 0 fully saturated rings. The third-order valence-electron chi connectivity index (χ3n) is 2.93. The van der Waals surface area contributed by atoms with Crippen LogP contribution in [-0.2, 0) is 22.7 Å². The van der Waals surface area contributed by atoms with E-state index in [9.17, 15) is 4.79 Å². The summed E-state index contributed by atoms with van der Waals surface area (Å²) in [6, 6.07) is 16.1. The Bertz CT molecular complexity index is 656. The molecule has 0 atom stereocenters. The summed E-state index contributed by atoms with van der Waals surface area (Å²) in [4.78, 5) is 12.0. The normalized spacial score (nSPS) is 9.90. The topological polar surface area (TPSA) is 59.3 Å². The van der Waals surface area contributed by atoms with Crippen LogP contribution in [0.15, 0.2) is 48.5 Å². The van der Waals surface area contributed by atoms with Crippen LogP contribution in [0.4, 0.5) is 0 Å². The minimum Gasteiger partial charge on any atom is -0.457 e. The number of esters is 1. The van der Waals surface area contributed by atoms with Gasteiger partial charge in [-0.15, -0.1) is 0 Å². The van der Waals surface area contributed by atoms with Crippen LogP contribution in [0.2, 0.25) is 0 Å². The fourth-order valence-electron chi connectivity index (χ4n) is 1.86. The number of nitrogens with zero attached hydrogens (tertiary/aromatic N) is 1. The lowest BCUT2D eigenvalue weighted by atomic mass is 10.1. The molecule has 2 rings (SSSR count). The largest absolute Gasteiger partial charge is 0.457 e. The number of methoxy groups -OCH3 is 1. The van der Waals surface area contributed by atoms with Crippen molar-refractivity contribution in [3.63, 3.8) is 0 Å². The maximum atomic E-state index is 12.0. The van der Waals surface area contributed by atoms with Crippen molar-refractivity contribution in [2.75, 3.05) is 7.11 Å². The van der Waals surface area contributed by atoms with Gasteiger partial charge in [-0.1, -0.05) is 24.3 Å². The quantitative estimate of drug-likeness (QED) is 0.790. The summed E-state index contributed by atoms with van der Waals surface area (Å²) in [7, 11) is 1.61. The van der Waals surface area contributed by atoms with Gasteiger partial charge in [0.15, 0.2) is 0 Å². The fourth-order valence-corrected chi connectivity index (χ4v) is 1.86. The van der Waals surface area contributed by atoms with Gasteiger partial charge in [0.2, 0.25) is 0 Å². The average Bonchev–Trinajstić information content (AvgIpc) is 2.53. The molecule has 0 spiro atoms. The van der Waals surface area contributed by atoms with Gasteiger partial charge in [0.1, 0.15) is 6.61 Å². The van der Waals surface area contributed by atoms with E-state index in [4.69, 9.17) is 14.7 Å². The first-order valence-electron chi connectivity index (χ1n) is 6.47. The summed E-state index contributed by atoms with van der Waals surface area (Å²) in [6.07, 6.45) is 0. The number of hydrogen-bond donors (Lipinski definition) is 0. The highest BCUT2D eigenvalue weighted by atomic mass is 16.5. The monoisotopic (exact) mass is 281 g/mol. The second-order valence-corrected chi connectivity index (χ2v) is 4.52. The lowest BCUT2D eigenvalue weighted by molar-refractivity contribution is 0.0472. The standard InChI is InChI=1S/C17H15NO3/c1-20-11-15-3-2-4-16(9-15)17(19)21-12-14-7-5-13(10-18)6-8-14/h2-9H,11-12H2,1H3. The molecular weight excluding hydrogens is 266 g/mol. The van der Waals surface area contributed by atoms with Crippen LogP contribution in [0.1, 0.15) is 27.0 Å². The summed E-state index contributed by atoms with van der Waals surface area (Å²) in [5.41, 5.74) is 2.84. The number of rotatable bonds is 5. The number of benzene rings is 2. The average molecular weight is 281 g/mol. The molecule has 0 bridgehead atoms. The van der Waals surface area contributed by atoms with Gasteiger partial charge < -0.3 is 9.47 Å². The molecule has 2 aromatic carbocycles. The Hall–Kier alpha value is -2.64.